The van der Waals surface area contributed by atoms with Crippen LogP contribution in [0.1, 0.15) is 39.0 Å². The van der Waals surface area contributed by atoms with Crippen LogP contribution in [0.15, 0.2) is 48.8 Å². The van der Waals surface area contributed by atoms with Gasteiger partial charge in [-0.25, -0.2) is 4.98 Å². The third-order valence-corrected chi connectivity index (χ3v) is 6.63. The van der Waals surface area contributed by atoms with E-state index in [1.807, 2.05) is 6.07 Å². The largest absolute Gasteiger partial charge is 0.416 e. The molecule has 3 heterocycles. The summed E-state index contributed by atoms with van der Waals surface area (Å²) in [6.07, 6.45) is -3.07. The Labute approximate surface area is 231 Å². The number of benzene rings is 2. The molecule has 13 heteroatoms. The number of pyridine rings is 1. The number of amides is 1. The maximum atomic E-state index is 13.9. The Bertz CT molecular complexity index is 1750. The molecule has 1 amide bonds. The van der Waals surface area contributed by atoms with Crippen molar-refractivity contribution in [3.63, 3.8) is 0 Å². The number of aryl methyl sites for hydroxylation is 1. The predicted octanol–water partition coefficient (Wildman–Crippen LogP) is 4.41. The number of carbonyl (C=O) groups is 1. The van der Waals surface area contributed by atoms with Crippen molar-refractivity contribution < 1.29 is 23.1 Å². The number of fused-ring (bicyclic) bond motifs is 1. The maximum Gasteiger partial charge on any atom is 0.416 e. The number of carbonyl (C=O) groups excluding carboxylic acids is 1. The fourth-order valence-electron chi connectivity index (χ4n) is 4.72. The fraction of sp³-hybridized carbons (Fsp3) is 0.214. The molecular weight excluding hydrogens is 537 g/mol. The van der Waals surface area contributed by atoms with Gasteiger partial charge in [0.25, 0.3) is 5.91 Å². The first-order valence-corrected chi connectivity index (χ1v) is 12.3. The number of nitrogens with zero attached hydrogens (tertiary/aromatic N) is 7. The monoisotopic (exact) mass is 558 g/mol. The molecule has 1 aliphatic heterocycles. The zero-order valence-electron chi connectivity index (χ0n) is 21.6. The van der Waals surface area contributed by atoms with E-state index in [0.717, 1.165) is 11.0 Å². The van der Waals surface area contributed by atoms with Crippen LogP contribution in [0.5, 0.6) is 0 Å². The average Bonchev–Trinajstić information content (AvgIpc) is 3.54. The number of nitrogens with one attached hydrogen (secondary N) is 1. The lowest BCUT2D eigenvalue weighted by atomic mass is 9.97. The van der Waals surface area contributed by atoms with E-state index in [0.29, 0.717) is 28.1 Å². The van der Waals surface area contributed by atoms with Crippen LogP contribution in [0.25, 0.3) is 22.5 Å². The summed E-state index contributed by atoms with van der Waals surface area (Å²) in [5.74, 6) is 0.133. The topological polar surface area (TPSA) is 144 Å². The quantitative estimate of drug-likeness (QED) is 0.318. The van der Waals surface area contributed by atoms with Gasteiger partial charge in [-0.15, -0.1) is 10.2 Å². The molecular formula is C28H21F3N8O2. The van der Waals surface area contributed by atoms with Crippen molar-refractivity contribution in [1.29, 1.82) is 10.5 Å². The molecule has 0 saturated heterocycles. The van der Waals surface area contributed by atoms with Gasteiger partial charge in [0.05, 0.1) is 42.8 Å². The van der Waals surface area contributed by atoms with E-state index in [-0.39, 0.29) is 41.3 Å². The lowest BCUT2D eigenvalue weighted by Gasteiger charge is -2.19. The van der Waals surface area contributed by atoms with Crippen LogP contribution in [0.2, 0.25) is 0 Å². The molecule has 0 spiro atoms. The number of rotatable bonds is 7. The van der Waals surface area contributed by atoms with Crippen molar-refractivity contribution in [3.05, 3.63) is 76.6 Å². The van der Waals surface area contributed by atoms with Gasteiger partial charge >= 0.3 is 6.18 Å². The molecule has 41 heavy (non-hydrogen) atoms. The van der Waals surface area contributed by atoms with Crippen LogP contribution in [0.3, 0.4) is 0 Å². The van der Waals surface area contributed by atoms with Crippen molar-refractivity contribution in [2.45, 2.75) is 25.7 Å². The highest BCUT2D eigenvalue weighted by Gasteiger charge is 2.41. The second kappa shape index (κ2) is 10.7. The summed E-state index contributed by atoms with van der Waals surface area (Å²) in [6, 6.07) is 14.4. The summed E-state index contributed by atoms with van der Waals surface area (Å²) >= 11 is 0. The molecule has 2 N–H and O–H groups in total. The SMILES string of the molecule is Cn1cnnc1-c1ccc(C#N)cc1-c1cc(NCCC#N)nc(N2Cc3c(cc(CO)cc3C(F)(F)F)C2=O)c1. The lowest BCUT2D eigenvalue weighted by Crippen LogP contribution is -2.24. The highest BCUT2D eigenvalue weighted by atomic mass is 19.4. The number of anilines is 2. The van der Waals surface area contributed by atoms with Crippen LogP contribution >= 0.6 is 0 Å². The number of alkyl halides is 3. The molecule has 0 unspecified atom stereocenters. The van der Waals surface area contributed by atoms with E-state index >= 15 is 0 Å². The Morgan fingerprint density at radius 1 is 1.10 bits per heavy atom. The molecule has 5 rings (SSSR count). The van der Waals surface area contributed by atoms with Gasteiger partial charge in [0.15, 0.2) is 5.82 Å². The third-order valence-electron chi connectivity index (χ3n) is 6.63. The summed E-state index contributed by atoms with van der Waals surface area (Å²) in [4.78, 5) is 19.1. The van der Waals surface area contributed by atoms with Gasteiger partial charge in [-0.2, -0.15) is 23.7 Å². The molecule has 206 valence electrons. The first kappa shape index (κ1) is 27.3. The predicted molar refractivity (Wildman–Crippen MR) is 141 cm³/mol. The summed E-state index contributed by atoms with van der Waals surface area (Å²) < 4.78 is 43.4. The molecule has 1 aliphatic rings. The number of aromatic nitrogens is 4. The minimum atomic E-state index is -4.74. The van der Waals surface area contributed by atoms with Crippen molar-refractivity contribution in [2.24, 2.45) is 7.05 Å². The summed E-state index contributed by atoms with van der Waals surface area (Å²) in [7, 11) is 1.75. The smallest absolute Gasteiger partial charge is 0.392 e. The van der Waals surface area contributed by atoms with E-state index < -0.39 is 30.8 Å². The maximum absolute atomic E-state index is 13.9. The lowest BCUT2D eigenvalue weighted by molar-refractivity contribution is -0.138. The molecule has 10 nitrogen and oxygen atoms in total. The van der Waals surface area contributed by atoms with E-state index in [1.165, 1.54) is 12.4 Å². The average molecular weight is 559 g/mol. The molecule has 4 aromatic rings. The van der Waals surface area contributed by atoms with Crippen molar-refractivity contribution in [1.82, 2.24) is 19.7 Å². The molecule has 0 fully saturated rings. The molecule has 0 atom stereocenters. The van der Waals surface area contributed by atoms with E-state index in [2.05, 4.69) is 26.6 Å². The minimum Gasteiger partial charge on any atom is -0.392 e. The molecule has 0 radical (unpaired) electrons. The standard InChI is InChI=1S/C28H21F3N8O2/c1-38-15-35-37-26(38)19-4-3-16(12-33)7-20(19)18-10-24(34-6-2-5-32)36-25(11-18)39-13-22-21(27(39)41)8-17(14-40)9-23(22)28(29,30)31/h3-4,7-11,15,40H,2,6,13-14H2,1H3,(H,34,36). The molecule has 0 bridgehead atoms. The minimum absolute atomic E-state index is 0.0338. The van der Waals surface area contributed by atoms with E-state index in [4.69, 9.17) is 5.26 Å². The number of nitriles is 2. The van der Waals surface area contributed by atoms with Crippen LogP contribution in [0.4, 0.5) is 24.8 Å². The van der Waals surface area contributed by atoms with Gasteiger partial charge in [0, 0.05) is 24.7 Å². The molecule has 2 aromatic carbocycles. The number of aliphatic hydroxyl groups excluding tert-OH is 1. The number of hydrogen-bond acceptors (Lipinski definition) is 8. The van der Waals surface area contributed by atoms with Crippen molar-refractivity contribution in [2.75, 3.05) is 16.8 Å². The Balaban J connectivity index is 1.67. The third kappa shape index (κ3) is 5.18. The molecule has 0 aliphatic carbocycles. The van der Waals surface area contributed by atoms with Gasteiger partial charge in [0.2, 0.25) is 0 Å². The van der Waals surface area contributed by atoms with Crippen molar-refractivity contribution in [3.8, 4) is 34.7 Å². The number of hydrogen-bond donors (Lipinski definition) is 2. The number of halogens is 3. The second-order valence-electron chi connectivity index (χ2n) is 9.29. The van der Waals surface area contributed by atoms with Crippen LogP contribution in [-0.2, 0) is 26.4 Å². The molecule has 2 aromatic heterocycles. The Hall–Kier alpha value is -5.27. The van der Waals surface area contributed by atoms with Gasteiger partial charge < -0.3 is 15.0 Å². The highest BCUT2D eigenvalue weighted by Crippen LogP contribution is 2.41. The highest BCUT2D eigenvalue weighted by molar-refractivity contribution is 6.10. The van der Waals surface area contributed by atoms with Gasteiger partial charge in [-0.1, -0.05) is 0 Å². The first-order valence-electron chi connectivity index (χ1n) is 12.3. The zero-order chi connectivity index (χ0) is 29.3. The van der Waals surface area contributed by atoms with Gasteiger partial charge in [-0.05, 0) is 64.7 Å². The Kier molecular flexibility index (Phi) is 7.13. The Morgan fingerprint density at radius 3 is 2.56 bits per heavy atom. The summed E-state index contributed by atoms with van der Waals surface area (Å²) in [6.45, 7) is -0.825. The zero-order valence-corrected chi connectivity index (χ0v) is 21.6. The normalized spacial score (nSPS) is 12.7. The van der Waals surface area contributed by atoms with Crippen molar-refractivity contribution >= 4 is 17.5 Å². The van der Waals surface area contributed by atoms with Crippen LogP contribution in [-0.4, -0.2) is 37.3 Å². The van der Waals surface area contributed by atoms with E-state index in [1.54, 1.807) is 41.9 Å². The number of aliphatic hydroxyl groups is 1. The Morgan fingerprint density at radius 2 is 1.90 bits per heavy atom. The van der Waals surface area contributed by atoms with Crippen LogP contribution in [0, 0.1) is 22.7 Å². The van der Waals surface area contributed by atoms with E-state index in [9.17, 15) is 28.3 Å². The summed E-state index contributed by atoms with van der Waals surface area (Å²) in [5, 5.41) is 39.2. The van der Waals surface area contributed by atoms with Crippen LogP contribution < -0.4 is 10.2 Å². The summed E-state index contributed by atoms with van der Waals surface area (Å²) in [5.41, 5.74) is 0.610. The fourth-order valence-corrected chi connectivity index (χ4v) is 4.72. The molecule has 0 saturated carbocycles. The second-order valence-corrected chi connectivity index (χ2v) is 9.29. The van der Waals surface area contributed by atoms with Gasteiger partial charge in [0.1, 0.15) is 18.0 Å². The van der Waals surface area contributed by atoms with Gasteiger partial charge in [-0.3, -0.25) is 9.69 Å². The first-order chi connectivity index (χ1) is 19.6.